The highest BCUT2D eigenvalue weighted by Gasteiger charge is 2.14. The van der Waals surface area contributed by atoms with E-state index < -0.39 is 6.04 Å². The summed E-state index contributed by atoms with van der Waals surface area (Å²) in [5, 5.41) is 3.14. The molecule has 0 bridgehead atoms. The molecule has 1 rings (SSSR count). The summed E-state index contributed by atoms with van der Waals surface area (Å²) in [6.45, 7) is 0.447. The van der Waals surface area contributed by atoms with Gasteiger partial charge in [0.1, 0.15) is 0 Å². The van der Waals surface area contributed by atoms with E-state index in [0.29, 0.717) is 23.7 Å². The van der Waals surface area contributed by atoms with Crippen molar-refractivity contribution in [2.75, 3.05) is 19.0 Å². The molecule has 0 fully saturated rings. The van der Waals surface area contributed by atoms with Gasteiger partial charge >= 0.3 is 0 Å². The Morgan fingerprint density at radius 2 is 2.35 bits per heavy atom. The van der Waals surface area contributed by atoms with E-state index >= 15 is 0 Å². The van der Waals surface area contributed by atoms with E-state index in [1.165, 1.54) is 0 Å². The molecule has 1 unspecified atom stereocenters. The fraction of sp³-hybridized carbons (Fsp3) is 0.364. The minimum Gasteiger partial charge on any atom is -0.385 e. The molecule has 1 amide bonds. The van der Waals surface area contributed by atoms with Gasteiger partial charge in [-0.25, -0.2) is 0 Å². The first-order valence-electron chi connectivity index (χ1n) is 5.05. The van der Waals surface area contributed by atoms with Gasteiger partial charge in [0.2, 0.25) is 5.91 Å². The van der Waals surface area contributed by atoms with Crippen molar-refractivity contribution in [1.29, 1.82) is 0 Å². The molecule has 1 aromatic carbocycles. The number of nitrogens with two attached hydrogens (primary N) is 1. The summed E-state index contributed by atoms with van der Waals surface area (Å²) < 4.78 is 5.71. The monoisotopic (exact) mass is 320 g/mol. The maximum absolute atomic E-state index is 11.7. The Balaban J connectivity index is 2.61. The fourth-order valence-corrected chi connectivity index (χ4v) is 1.91. The second-order valence-corrected chi connectivity index (χ2v) is 4.82. The van der Waals surface area contributed by atoms with Crippen molar-refractivity contribution < 1.29 is 9.53 Å². The molecule has 1 atom stereocenters. The summed E-state index contributed by atoms with van der Waals surface area (Å²) in [4.78, 5) is 11.7. The lowest BCUT2D eigenvalue weighted by Crippen LogP contribution is -2.36. The van der Waals surface area contributed by atoms with Gasteiger partial charge < -0.3 is 15.8 Å². The Labute approximate surface area is 114 Å². The van der Waals surface area contributed by atoms with Crippen molar-refractivity contribution in [2.45, 2.75) is 12.5 Å². The van der Waals surface area contributed by atoms with Crippen LogP contribution in [0, 0.1) is 0 Å². The predicted molar refractivity (Wildman–Crippen MR) is 72.3 cm³/mol. The Morgan fingerprint density at radius 3 is 2.94 bits per heavy atom. The molecule has 0 spiro atoms. The van der Waals surface area contributed by atoms with Crippen LogP contribution in [0.3, 0.4) is 0 Å². The number of hydrogen-bond acceptors (Lipinski definition) is 3. The summed E-state index contributed by atoms with van der Waals surface area (Å²) in [6.07, 6.45) is 0.469. The van der Waals surface area contributed by atoms with Crippen molar-refractivity contribution in [2.24, 2.45) is 5.73 Å². The van der Waals surface area contributed by atoms with Crippen LogP contribution < -0.4 is 11.1 Å². The van der Waals surface area contributed by atoms with E-state index in [9.17, 15) is 4.79 Å². The van der Waals surface area contributed by atoms with Gasteiger partial charge in [-0.3, -0.25) is 4.79 Å². The number of benzene rings is 1. The van der Waals surface area contributed by atoms with Crippen LogP contribution in [0.4, 0.5) is 5.69 Å². The van der Waals surface area contributed by atoms with Crippen LogP contribution in [-0.4, -0.2) is 25.7 Å². The Hall–Kier alpha value is -0.620. The highest BCUT2D eigenvalue weighted by atomic mass is 79.9. The Bertz CT molecular complexity index is 401. The molecule has 0 aliphatic carbocycles. The predicted octanol–water partition coefficient (Wildman–Crippen LogP) is 2.40. The van der Waals surface area contributed by atoms with Crippen LogP contribution in [-0.2, 0) is 9.53 Å². The van der Waals surface area contributed by atoms with Gasteiger partial charge in [0, 0.05) is 18.2 Å². The number of carbonyl (C=O) groups is 1. The van der Waals surface area contributed by atoms with Crippen LogP contribution >= 0.6 is 27.5 Å². The SMILES string of the molecule is COCCC(N)C(=O)Nc1ccc(Br)cc1Cl. The molecule has 0 heterocycles. The summed E-state index contributed by atoms with van der Waals surface area (Å²) in [5.74, 6) is -0.272. The number of ether oxygens (including phenoxy) is 1. The molecule has 6 heteroatoms. The van der Waals surface area contributed by atoms with Gasteiger partial charge in [-0.15, -0.1) is 0 Å². The number of anilines is 1. The number of methoxy groups -OCH3 is 1. The number of halogens is 2. The smallest absolute Gasteiger partial charge is 0.241 e. The molecule has 94 valence electrons. The zero-order valence-corrected chi connectivity index (χ0v) is 11.7. The lowest BCUT2D eigenvalue weighted by molar-refractivity contribution is -0.117. The normalized spacial score (nSPS) is 12.2. The molecular formula is C11H14BrClN2O2. The number of nitrogens with one attached hydrogen (secondary N) is 1. The Kier molecular flexibility index (Phi) is 5.91. The summed E-state index contributed by atoms with van der Waals surface area (Å²) in [5.41, 5.74) is 6.24. The highest BCUT2D eigenvalue weighted by Crippen LogP contribution is 2.25. The third kappa shape index (κ3) is 4.63. The molecule has 0 aliphatic heterocycles. The van der Waals surface area contributed by atoms with E-state index in [2.05, 4.69) is 21.2 Å². The van der Waals surface area contributed by atoms with Crippen LogP contribution in [0.15, 0.2) is 22.7 Å². The van der Waals surface area contributed by atoms with Crippen molar-refractivity contribution in [3.05, 3.63) is 27.7 Å². The van der Waals surface area contributed by atoms with E-state index in [1.54, 1.807) is 25.3 Å². The minimum absolute atomic E-state index is 0.272. The quantitative estimate of drug-likeness (QED) is 0.875. The maximum atomic E-state index is 11.7. The Morgan fingerprint density at radius 1 is 1.65 bits per heavy atom. The summed E-state index contributed by atoms with van der Waals surface area (Å²) in [7, 11) is 1.57. The molecule has 0 radical (unpaired) electrons. The average molecular weight is 322 g/mol. The van der Waals surface area contributed by atoms with Crippen LogP contribution in [0.1, 0.15) is 6.42 Å². The van der Waals surface area contributed by atoms with E-state index in [-0.39, 0.29) is 5.91 Å². The second kappa shape index (κ2) is 6.96. The first-order chi connectivity index (χ1) is 8.04. The largest absolute Gasteiger partial charge is 0.385 e. The van der Waals surface area contributed by atoms with Crippen molar-refractivity contribution >= 4 is 39.1 Å². The van der Waals surface area contributed by atoms with Crippen molar-refractivity contribution in [3.8, 4) is 0 Å². The zero-order valence-electron chi connectivity index (χ0n) is 9.37. The highest BCUT2D eigenvalue weighted by molar-refractivity contribution is 9.10. The molecular weight excluding hydrogens is 307 g/mol. The maximum Gasteiger partial charge on any atom is 0.241 e. The van der Waals surface area contributed by atoms with E-state index in [1.807, 2.05) is 0 Å². The number of amides is 1. The summed E-state index contributed by atoms with van der Waals surface area (Å²) in [6, 6.07) is 4.61. The number of hydrogen-bond donors (Lipinski definition) is 2. The van der Waals surface area contributed by atoms with Gasteiger partial charge in [-0.2, -0.15) is 0 Å². The van der Waals surface area contributed by atoms with Crippen LogP contribution in [0.2, 0.25) is 5.02 Å². The minimum atomic E-state index is -0.602. The topological polar surface area (TPSA) is 64.3 Å². The zero-order chi connectivity index (χ0) is 12.8. The molecule has 4 nitrogen and oxygen atoms in total. The lowest BCUT2D eigenvalue weighted by atomic mass is 10.2. The molecule has 1 aromatic rings. The first kappa shape index (κ1) is 14.4. The van der Waals surface area contributed by atoms with E-state index in [0.717, 1.165) is 4.47 Å². The second-order valence-electron chi connectivity index (χ2n) is 3.50. The van der Waals surface area contributed by atoms with Gasteiger partial charge in [-0.1, -0.05) is 27.5 Å². The first-order valence-corrected chi connectivity index (χ1v) is 6.22. The van der Waals surface area contributed by atoms with Crippen molar-refractivity contribution in [1.82, 2.24) is 0 Å². The van der Waals surface area contributed by atoms with Crippen LogP contribution in [0.5, 0.6) is 0 Å². The van der Waals surface area contributed by atoms with E-state index in [4.69, 9.17) is 22.1 Å². The fourth-order valence-electron chi connectivity index (χ4n) is 1.19. The third-order valence-corrected chi connectivity index (χ3v) is 2.96. The van der Waals surface area contributed by atoms with Crippen LogP contribution in [0.25, 0.3) is 0 Å². The van der Waals surface area contributed by atoms with Gasteiger partial charge in [0.25, 0.3) is 0 Å². The molecule has 0 aromatic heterocycles. The van der Waals surface area contributed by atoms with Gasteiger partial charge in [0.05, 0.1) is 16.8 Å². The molecule has 0 saturated carbocycles. The van der Waals surface area contributed by atoms with Crippen molar-refractivity contribution in [3.63, 3.8) is 0 Å². The number of carbonyl (C=O) groups excluding carboxylic acids is 1. The summed E-state index contributed by atoms with van der Waals surface area (Å²) >= 11 is 9.26. The molecule has 0 aliphatic rings. The lowest BCUT2D eigenvalue weighted by Gasteiger charge is -2.12. The standard InChI is InChI=1S/C11H14BrClN2O2/c1-17-5-4-9(14)11(16)15-10-3-2-7(12)6-8(10)13/h2-3,6,9H,4-5,14H2,1H3,(H,15,16). The average Bonchev–Trinajstić information content (AvgIpc) is 2.29. The molecule has 3 N–H and O–H groups in total. The van der Waals surface area contributed by atoms with Gasteiger partial charge in [0.15, 0.2) is 0 Å². The number of rotatable bonds is 5. The molecule has 17 heavy (non-hydrogen) atoms. The molecule has 0 saturated heterocycles. The van der Waals surface area contributed by atoms with Gasteiger partial charge in [-0.05, 0) is 24.6 Å². The third-order valence-electron chi connectivity index (χ3n) is 2.16.